The number of likely N-dealkylation sites (tertiary alicyclic amines) is 1. The van der Waals surface area contributed by atoms with Crippen LogP contribution in [0.15, 0.2) is 53.6 Å². The van der Waals surface area contributed by atoms with E-state index < -0.39 is 0 Å². The van der Waals surface area contributed by atoms with Crippen LogP contribution in [0.3, 0.4) is 0 Å². The maximum absolute atomic E-state index is 12.5. The molecule has 0 unspecified atom stereocenters. The lowest BCUT2D eigenvalue weighted by Crippen LogP contribution is -2.56. The minimum absolute atomic E-state index is 0.0345. The van der Waals surface area contributed by atoms with Crippen LogP contribution in [-0.4, -0.2) is 66.0 Å². The van der Waals surface area contributed by atoms with Gasteiger partial charge < -0.3 is 15.4 Å². The molecule has 2 amide bonds. The molecule has 3 aliphatic rings. The molecule has 6 rings (SSSR count). The van der Waals surface area contributed by atoms with Crippen LogP contribution in [-0.2, 0) is 9.53 Å². The van der Waals surface area contributed by atoms with Gasteiger partial charge in [-0.05, 0) is 42.5 Å². The van der Waals surface area contributed by atoms with Gasteiger partial charge in [0.05, 0.1) is 41.2 Å². The number of rotatable bonds is 5. The highest BCUT2D eigenvalue weighted by Crippen LogP contribution is 2.35. The van der Waals surface area contributed by atoms with Gasteiger partial charge in [0.15, 0.2) is 0 Å². The SMILES string of the molecule is N#Cc1ccc2nccc(NC3CN(C[C@@H]4CN(c5ccc6c(c5)NC(=O)CS6)C(=O)O4)C3)c2c1. The van der Waals surface area contributed by atoms with Crippen molar-refractivity contribution in [2.45, 2.75) is 17.0 Å². The fourth-order valence-electron chi connectivity index (χ4n) is 4.73. The van der Waals surface area contributed by atoms with Gasteiger partial charge in [-0.1, -0.05) is 0 Å². The molecule has 35 heavy (non-hydrogen) atoms. The Morgan fingerprint density at radius 1 is 1.17 bits per heavy atom. The molecule has 2 aromatic carbocycles. The van der Waals surface area contributed by atoms with Crippen molar-refractivity contribution in [1.29, 1.82) is 5.26 Å². The third-order valence-corrected chi connectivity index (χ3v) is 7.50. The molecule has 0 spiro atoms. The van der Waals surface area contributed by atoms with E-state index in [1.807, 2.05) is 36.4 Å². The summed E-state index contributed by atoms with van der Waals surface area (Å²) in [6.07, 6.45) is 1.18. The predicted octanol–water partition coefficient (Wildman–Crippen LogP) is 3.27. The van der Waals surface area contributed by atoms with Crippen molar-refractivity contribution < 1.29 is 14.3 Å². The molecule has 2 fully saturated rings. The number of carbonyl (C=O) groups is 2. The van der Waals surface area contributed by atoms with Crippen molar-refractivity contribution in [1.82, 2.24) is 9.88 Å². The normalized spacial score (nSPS) is 20.1. The average Bonchev–Trinajstić information content (AvgIpc) is 3.22. The van der Waals surface area contributed by atoms with Crippen LogP contribution in [0.1, 0.15) is 5.56 Å². The molecule has 9 nitrogen and oxygen atoms in total. The van der Waals surface area contributed by atoms with Crippen molar-refractivity contribution in [3.63, 3.8) is 0 Å². The van der Waals surface area contributed by atoms with Crippen molar-refractivity contribution in [3.05, 3.63) is 54.2 Å². The van der Waals surface area contributed by atoms with Crippen molar-refractivity contribution in [2.24, 2.45) is 0 Å². The van der Waals surface area contributed by atoms with Gasteiger partial charge in [0.25, 0.3) is 0 Å². The topological polar surface area (TPSA) is 111 Å². The summed E-state index contributed by atoms with van der Waals surface area (Å²) in [4.78, 5) is 33.5. The number of amides is 2. The molecule has 176 valence electrons. The lowest BCUT2D eigenvalue weighted by Gasteiger charge is -2.41. The number of carbonyl (C=O) groups excluding carboxylic acids is 2. The number of ether oxygens (including phenoxy) is 1. The highest BCUT2D eigenvalue weighted by Gasteiger charge is 2.37. The quantitative estimate of drug-likeness (QED) is 0.565. The van der Waals surface area contributed by atoms with Crippen molar-refractivity contribution >= 4 is 51.7 Å². The molecule has 0 saturated carbocycles. The summed E-state index contributed by atoms with van der Waals surface area (Å²) < 4.78 is 5.63. The number of hydrogen-bond acceptors (Lipinski definition) is 8. The molecule has 2 N–H and O–H groups in total. The lowest BCUT2D eigenvalue weighted by molar-refractivity contribution is -0.113. The first-order valence-corrected chi connectivity index (χ1v) is 12.4. The number of nitriles is 1. The Hall–Kier alpha value is -3.81. The zero-order chi connectivity index (χ0) is 23.9. The molecule has 0 radical (unpaired) electrons. The van der Waals surface area contributed by atoms with Gasteiger partial charge in [-0.15, -0.1) is 11.8 Å². The van der Waals surface area contributed by atoms with Gasteiger partial charge in [0.1, 0.15) is 6.10 Å². The number of nitrogens with zero attached hydrogens (tertiary/aromatic N) is 4. The Balaban J connectivity index is 1.06. The van der Waals surface area contributed by atoms with E-state index >= 15 is 0 Å². The smallest absolute Gasteiger partial charge is 0.414 e. The highest BCUT2D eigenvalue weighted by atomic mass is 32.2. The number of nitrogens with one attached hydrogen (secondary N) is 2. The number of anilines is 3. The summed E-state index contributed by atoms with van der Waals surface area (Å²) in [5, 5.41) is 16.6. The molecule has 4 heterocycles. The molecule has 1 aromatic heterocycles. The number of pyridine rings is 1. The maximum atomic E-state index is 12.5. The Bertz CT molecular complexity index is 1380. The molecular formula is C25H22N6O3S. The number of cyclic esters (lactones) is 1. The zero-order valence-corrected chi connectivity index (χ0v) is 19.5. The molecule has 3 aromatic rings. The van der Waals surface area contributed by atoms with Crippen LogP contribution in [0.5, 0.6) is 0 Å². The van der Waals surface area contributed by atoms with E-state index in [0.29, 0.717) is 24.4 Å². The van der Waals surface area contributed by atoms with Gasteiger partial charge in [-0.25, -0.2) is 4.79 Å². The first kappa shape index (κ1) is 21.7. The maximum Gasteiger partial charge on any atom is 0.414 e. The van der Waals surface area contributed by atoms with Crippen LogP contribution in [0, 0.1) is 11.3 Å². The Morgan fingerprint density at radius 3 is 2.91 bits per heavy atom. The molecule has 3 aliphatic heterocycles. The second-order valence-corrected chi connectivity index (χ2v) is 9.91. The van der Waals surface area contributed by atoms with E-state index in [9.17, 15) is 14.9 Å². The second-order valence-electron chi connectivity index (χ2n) is 8.90. The molecule has 2 saturated heterocycles. The van der Waals surface area contributed by atoms with Gasteiger partial charge in [-0.3, -0.25) is 19.6 Å². The Morgan fingerprint density at radius 2 is 2.06 bits per heavy atom. The molecule has 0 aliphatic carbocycles. The third kappa shape index (κ3) is 4.24. The minimum Gasteiger partial charge on any atom is -0.443 e. The summed E-state index contributed by atoms with van der Waals surface area (Å²) in [5.74, 6) is 0.372. The molecule has 10 heteroatoms. The van der Waals surface area contributed by atoms with Crippen LogP contribution >= 0.6 is 11.8 Å². The van der Waals surface area contributed by atoms with Gasteiger partial charge >= 0.3 is 6.09 Å². The lowest BCUT2D eigenvalue weighted by atomic mass is 10.1. The summed E-state index contributed by atoms with van der Waals surface area (Å²) in [6, 6.07) is 15.5. The molecule has 0 bridgehead atoms. The average molecular weight is 487 g/mol. The summed E-state index contributed by atoms with van der Waals surface area (Å²) in [6.45, 7) is 2.79. The minimum atomic E-state index is -0.364. The van der Waals surface area contributed by atoms with Crippen molar-refractivity contribution in [2.75, 3.05) is 47.5 Å². The number of aromatic nitrogens is 1. The Labute approximate surface area is 206 Å². The predicted molar refractivity (Wildman–Crippen MR) is 134 cm³/mol. The number of fused-ring (bicyclic) bond motifs is 2. The van der Waals surface area contributed by atoms with Gasteiger partial charge in [0, 0.05) is 47.5 Å². The number of hydrogen-bond donors (Lipinski definition) is 2. The van der Waals surface area contributed by atoms with Crippen LogP contribution < -0.4 is 15.5 Å². The van der Waals surface area contributed by atoms with E-state index in [1.54, 1.807) is 17.2 Å². The first-order valence-electron chi connectivity index (χ1n) is 11.4. The highest BCUT2D eigenvalue weighted by molar-refractivity contribution is 8.00. The van der Waals surface area contributed by atoms with E-state index in [0.717, 1.165) is 46.0 Å². The monoisotopic (exact) mass is 486 g/mol. The second kappa shape index (κ2) is 8.76. The van der Waals surface area contributed by atoms with Crippen molar-refractivity contribution in [3.8, 4) is 6.07 Å². The molecular weight excluding hydrogens is 464 g/mol. The molecule has 1 atom stereocenters. The van der Waals surface area contributed by atoms with Crippen LogP contribution in [0.25, 0.3) is 10.9 Å². The summed E-state index contributed by atoms with van der Waals surface area (Å²) in [5.41, 5.74) is 3.89. The Kier molecular flexibility index (Phi) is 5.43. The van der Waals surface area contributed by atoms with E-state index in [1.165, 1.54) is 11.8 Å². The van der Waals surface area contributed by atoms with E-state index in [2.05, 4.69) is 26.6 Å². The van der Waals surface area contributed by atoms with E-state index in [4.69, 9.17) is 4.74 Å². The van der Waals surface area contributed by atoms with Crippen LogP contribution in [0.4, 0.5) is 21.9 Å². The largest absolute Gasteiger partial charge is 0.443 e. The fourth-order valence-corrected chi connectivity index (χ4v) is 5.51. The van der Waals surface area contributed by atoms with Gasteiger partial charge in [0.2, 0.25) is 5.91 Å². The number of thioether (sulfide) groups is 1. The van der Waals surface area contributed by atoms with Gasteiger partial charge in [-0.2, -0.15) is 5.26 Å². The summed E-state index contributed by atoms with van der Waals surface area (Å²) >= 11 is 1.49. The van der Waals surface area contributed by atoms with E-state index in [-0.39, 0.29) is 24.1 Å². The number of benzene rings is 2. The standard InChI is InChI=1S/C25H22N6O3S/c26-9-15-1-3-20-19(7-15)21(5-6-27-20)28-16-10-30(11-16)12-18-13-31(25(33)34-18)17-2-4-23-22(8-17)29-24(32)14-35-23/h1-8,16,18H,10-14H2,(H,27,28)(H,29,32)/t18-/m1/s1. The fraction of sp³-hybridized carbons (Fsp3) is 0.280. The summed E-state index contributed by atoms with van der Waals surface area (Å²) in [7, 11) is 0. The van der Waals surface area contributed by atoms with Crippen LogP contribution in [0.2, 0.25) is 0 Å². The first-order chi connectivity index (χ1) is 17.1. The zero-order valence-electron chi connectivity index (χ0n) is 18.7. The third-order valence-electron chi connectivity index (χ3n) is 6.43.